The van der Waals surface area contributed by atoms with Gasteiger partial charge in [0.25, 0.3) is 0 Å². The Labute approximate surface area is 185 Å². The Morgan fingerprint density at radius 1 is 1.10 bits per heavy atom. The first-order valence-corrected chi connectivity index (χ1v) is 10.8. The molecule has 0 bridgehead atoms. The minimum absolute atomic E-state index is 0. The summed E-state index contributed by atoms with van der Waals surface area (Å²) in [6.07, 6.45) is 3.68. The van der Waals surface area contributed by atoms with Crippen LogP contribution in [0.5, 0.6) is 0 Å². The monoisotopic (exact) mass is 435 g/mol. The van der Waals surface area contributed by atoms with Gasteiger partial charge in [0.15, 0.2) is 0 Å². The predicted molar refractivity (Wildman–Crippen MR) is 123 cm³/mol. The van der Waals surface area contributed by atoms with Gasteiger partial charge in [-0.05, 0) is 62.9 Å². The fraction of sp³-hybridized carbons (Fsp3) is 0.522. The second-order valence-corrected chi connectivity index (χ2v) is 8.62. The highest BCUT2D eigenvalue weighted by Gasteiger charge is 2.34. The Hall–Kier alpha value is -1.33. The van der Waals surface area contributed by atoms with Crippen LogP contribution in [0.2, 0.25) is 5.02 Å². The van der Waals surface area contributed by atoms with Crippen LogP contribution in [-0.4, -0.2) is 54.3 Å². The summed E-state index contributed by atoms with van der Waals surface area (Å²) in [5.74, 6) is 1.12. The smallest absolute Gasteiger partial charge is 0.128 e. The van der Waals surface area contributed by atoms with Crippen molar-refractivity contribution in [2.45, 2.75) is 51.3 Å². The van der Waals surface area contributed by atoms with E-state index in [1.165, 1.54) is 18.4 Å². The van der Waals surface area contributed by atoms with E-state index in [1.54, 1.807) is 0 Å². The Morgan fingerprint density at radius 2 is 1.83 bits per heavy atom. The van der Waals surface area contributed by atoms with Gasteiger partial charge in [-0.15, -0.1) is 12.4 Å². The van der Waals surface area contributed by atoms with Crippen molar-refractivity contribution in [3.05, 3.63) is 58.7 Å². The number of aryl methyl sites for hydroxylation is 1. The Balaban J connectivity index is 0.00000240. The number of ether oxygens (including phenoxy) is 1. The first-order chi connectivity index (χ1) is 13.6. The van der Waals surface area contributed by atoms with E-state index < -0.39 is 0 Å². The minimum Gasteiger partial charge on any atom is -0.376 e. The zero-order chi connectivity index (χ0) is 19.5. The molecule has 2 aromatic rings. The number of morpholine rings is 1. The summed E-state index contributed by atoms with van der Waals surface area (Å²) < 4.78 is 6.02. The Kier molecular flexibility index (Phi) is 7.80. The summed E-state index contributed by atoms with van der Waals surface area (Å²) >= 11 is 6.05. The number of anilines is 1. The summed E-state index contributed by atoms with van der Waals surface area (Å²) in [5.41, 5.74) is 2.42. The molecular weight excluding hydrogens is 405 g/mol. The van der Waals surface area contributed by atoms with Gasteiger partial charge in [-0.1, -0.05) is 29.8 Å². The lowest BCUT2D eigenvalue weighted by molar-refractivity contribution is -0.0745. The number of rotatable bonds is 4. The number of aromatic nitrogens is 1. The molecule has 4 nitrogen and oxygen atoms in total. The van der Waals surface area contributed by atoms with Crippen molar-refractivity contribution in [1.29, 1.82) is 0 Å². The second kappa shape index (κ2) is 10.1. The van der Waals surface area contributed by atoms with Crippen molar-refractivity contribution < 1.29 is 4.74 Å². The molecule has 2 aliphatic heterocycles. The van der Waals surface area contributed by atoms with Gasteiger partial charge in [0.1, 0.15) is 5.82 Å². The molecule has 2 saturated heterocycles. The molecule has 0 unspecified atom stereocenters. The first-order valence-electron chi connectivity index (χ1n) is 10.4. The molecule has 0 N–H and O–H groups in total. The molecule has 6 heteroatoms. The summed E-state index contributed by atoms with van der Waals surface area (Å²) in [6, 6.07) is 15.6. The van der Waals surface area contributed by atoms with Crippen LogP contribution >= 0.6 is 24.0 Å². The fourth-order valence-corrected chi connectivity index (χ4v) is 4.64. The maximum Gasteiger partial charge on any atom is 0.128 e. The van der Waals surface area contributed by atoms with Gasteiger partial charge in [-0.25, -0.2) is 4.98 Å². The van der Waals surface area contributed by atoms with Crippen LogP contribution in [-0.2, 0) is 11.2 Å². The van der Waals surface area contributed by atoms with Crippen molar-refractivity contribution in [1.82, 2.24) is 9.88 Å². The molecular formula is C23H31Cl2N3O. The van der Waals surface area contributed by atoms with Crippen molar-refractivity contribution in [2.24, 2.45) is 0 Å². The fourth-order valence-electron chi connectivity index (χ4n) is 4.52. The van der Waals surface area contributed by atoms with Gasteiger partial charge in [0.2, 0.25) is 0 Å². The molecule has 2 fully saturated rings. The van der Waals surface area contributed by atoms with Crippen LogP contribution in [0, 0.1) is 6.92 Å². The van der Waals surface area contributed by atoms with E-state index in [9.17, 15) is 0 Å². The van der Waals surface area contributed by atoms with Gasteiger partial charge in [-0.2, -0.15) is 0 Å². The molecule has 158 valence electrons. The number of halogens is 2. The van der Waals surface area contributed by atoms with Gasteiger partial charge < -0.3 is 9.64 Å². The molecule has 1 aromatic heterocycles. The highest BCUT2D eigenvalue weighted by atomic mass is 35.5. The summed E-state index contributed by atoms with van der Waals surface area (Å²) in [4.78, 5) is 9.85. The zero-order valence-corrected chi connectivity index (χ0v) is 18.8. The van der Waals surface area contributed by atoms with E-state index in [0.29, 0.717) is 18.2 Å². The molecule has 2 aliphatic rings. The summed E-state index contributed by atoms with van der Waals surface area (Å²) in [5, 5.41) is 0.797. The molecule has 0 amide bonds. The van der Waals surface area contributed by atoms with Gasteiger partial charge >= 0.3 is 0 Å². The molecule has 2 atom stereocenters. The van der Waals surface area contributed by atoms with Crippen molar-refractivity contribution in [2.75, 3.05) is 31.1 Å². The van der Waals surface area contributed by atoms with Gasteiger partial charge in [0, 0.05) is 42.4 Å². The zero-order valence-electron chi connectivity index (χ0n) is 17.3. The van der Waals surface area contributed by atoms with E-state index in [2.05, 4.69) is 54.0 Å². The third-order valence-corrected chi connectivity index (χ3v) is 6.28. The number of piperidine rings is 1. The van der Waals surface area contributed by atoms with E-state index in [1.807, 2.05) is 12.1 Å². The Bertz CT molecular complexity index is 778. The lowest BCUT2D eigenvalue weighted by atomic mass is 9.96. The van der Waals surface area contributed by atoms with E-state index in [4.69, 9.17) is 21.3 Å². The molecule has 0 saturated carbocycles. The highest BCUT2D eigenvalue weighted by molar-refractivity contribution is 6.30. The third kappa shape index (κ3) is 5.64. The number of benzene rings is 1. The highest BCUT2D eigenvalue weighted by Crippen LogP contribution is 2.27. The SMILES string of the molecule is Cc1cccc(N2CCC(N3C[C@H](C)OC[C@@H]3Cc3ccc(Cl)cc3)CC2)n1.Cl. The standard InChI is InChI=1S/C23H30ClN3O.ClH/c1-17-4-3-5-23(25-17)26-12-10-21(11-13-26)27-15-18(2)28-16-22(27)14-19-6-8-20(24)9-7-19;/h3-9,18,21-22H,10-16H2,1-2H3;1H/t18-,22-;/m0./s1. The summed E-state index contributed by atoms with van der Waals surface area (Å²) in [6.45, 7) is 8.22. The van der Waals surface area contributed by atoms with E-state index in [-0.39, 0.29) is 12.4 Å². The normalized spacial score (nSPS) is 23.6. The lowest BCUT2D eigenvalue weighted by Crippen LogP contribution is -2.56. The van der Waals surface area contributed by atoms with Crippen molar-refractivity contribution in [3.8, 4) is 0 Å². The number of nitrogens with zero attached hydrogens (tertiary/aromatic N) is 3. The molecule has 0 spiro atoms. The maximum absolute atomic E-state index is 6.05. The first kappa shape index (κ1) is 22.4. The summed E-state index contributed by atoms with van der Waals surface area (Å²) in [7, 11) is 0. The van der Waals surface area contributed by atoms with Crippen molar-refractivity contribution >= 4 is 29.8 Å². The average molecular weight is 436 g/mol. The van der Waals surface area contributed by atoms with Gasteiger partial charge in [0.05, 0.1) is 12.7 Å². The molecule has 4 rings (SSSR count). The third-order valence-electron chi connectivity index (χ3n) is 6.03. The average Bonchev–Trinajstić information content (AvgIpc) is 2.71. The van der Waals surface area contributed by atoms with Crippen molar-refractivity contribution in [3.63, 3.8) is 0 Å². The quantitative estimate of drug-likeness (QED) is 0.691. The minimum atomic E-state index is 0. The number of pyridine rings is 1. The van der Waals surface area contributed by atoms with Crippen LogP contribution < -0.4 is 4.90 Å². The second-order valence-electron chi connectivity index (χ2n) is 8.18. The lowest BCUT2D eigenvalue weighted by Gasteiger charge is -2.46. The molecule has 29 heavy (non-hydrogen) atoms. The molecule has 0 radical (unpaired) electrons. The number of hydrogen-bond donors (Lipinski definition) is 0. The maximum atomic E-state index is 6.05. The van der Waals surface area contributed by atoms with Crippen LogP contribution in [0.15, 0.2) is 42.5 Å². The van der Waals surface area contributed by atoms with Crippen LogP contribution in [0.4, 0.5) is 5.82 Å². The van der Waals surface area contributed by atoms with Gasteiger partial charge in [-0.3, -0.25) is 4.90 Å². The Morgan fingerprint density at radius 3 is 2.52 bits per heavy atom. The number of hydrogen-bond acceptors (Lipinski definition) is 4. The topological polar surface area (TPSA) is 28.6 Å². The van der Waals surface area contributed by atoms with E-state index in [0.717, 1.165) is 49.2 Å². The molecule has 1 aromatic carbocycles. The molecule has 3 heterocycles. The van der Waals surface area contributed by atoms with Crippen LogP contribution in [0.1, 0.15) is 31.0 Å². The van der Waals surface area contributed by atoms with Crippen LogP contribution in [0.25, 0.3) is 0 Å². The molecule has 0 aliphatic carbocycles. The van der Waals surface area contributed by atoms with Crippen LogP contribution in [0.3, 0.4) is 0 Å². The predicted octanol–water partition coefficient (Wildman–Crippen LogP) is 4.77. The largest absolute Gasteiger partial charge is 0.376 e. The van der Waals surface area contributed by atoms with E-state index >= 15 is 0 Å².